The highest BCUT2D eigenvalue weighted by Crippen LogP contribution is 2.11. The highest BCUT2D eigenvalue weighted by atomic mass is 16.5. The number of ether oxygens (including phenoxy) is 1. The van der Waals surface area contributed by atoms with Gasteiger partial charge in [0, 0.05) is 31.8 Å². The van der Waals surface area contributed by atoms with Gasteiger partial charge in [-0.3, -0.25) is 14.4 Å². The fourth-order valence-corrected chi connectivity index (χ4v) is 1.50. The molecule has 0 radical (unpaired) electrons. The molecule has 108 valence electrons. The van der Waals surface area contributed by atoms with E-state index in [0.29, 0.717) is 11.3 Å². The van der Waals surface area contributed by atoms with Gasteiger partial charge in [0.25, 0.3) is 5.91 Å². The van der Waals surface area contributed by atoms with Crippen LogP contribution in [0.2, 0.25) is 0 Å². The lowest BCUT2D eigenvalue weighted by Gasteiger charge is -2.11. The fourth-order valence-electron chi connectivity index (χ4n) is 1.50. The molecule has 0 spiro atoms. The number of hydrogen-bond donors (Lipinski definition) is 1. The SMILES string of the molecule is COC(=O)CCC(=O)Nc1ccc(C(=O)N(C)C)cc1. The van der Waals surface area contributed by atoms with Crippen LogP contribution in [-0.2, 0) is 14.3 Å². The third kappa shape index (κ3) is 4.72. The van der Waals surface area contributed by atoms with Crippen molar-refractivity contribution in [2.75, 3.05) is 26.5 Å². The van der Waals surface area contributed by atoms with E-state index in [1.54, 1.807) is 38.4 Å². The van der Waals surface area contributed by atoms with Crippen LogP contribution in [0.1, 0.15) is 23.2 Å². The first-order chi connectivity index (χ1) is 9.43. The van der Waals surface area contributed by atoms with Crippen molar-refractivity contribution in [3.05, 3.63) is 29.8 Å². The van der Waals surface area contributed by atoms with Crippen LogP contribution in [0.5, 0.6) is 0 Å². The van der Waals surface area contributed by atoms with Gasteiger partial charge in [0.05, 0.1) is 13.5 Å². The molecule has 1 rings (SSSR count). The van der Waals surface area contributed by atoms with E-state index in [-0.39, 0.29) is 24.7 Å². The molecule has 0 unspecified atom stereocenters. The Morgan fingerprint density at radius 2 is 1.70 bits per heavy atom. The number of rotatable bonds is 5. The van der Waals surface area contributed by atoms with Crippen LogP contribution in [0.25, 0.3) is 0 Å². The van der Waals surface area contributed by atoms with Gasteiger partial charge in [-0.1, -0.05) is 0 Å². The molecule has 20 heavy (non-hydrogen) atoms. The average Bonchev–Trinajstić information content (AvgIpc) is 2.44. The molecule has 0 aliphatic carbocycles. The van der Waals surface area contributed by atoms with E-state index in [9.17, 15) is 14.4 Å². The van der Waals surface area contributed by atoms with Crippen LogP contribution in [0.4, 0.5) is 5.69 Å². The molecule has 0 aromatic heterocycles. The molecule has 0 heterocycles. The minimum atomic E-state index is -0.424. The summed E-state index contributed by atoms with van der Waals surface area (Å²) in [7, 11) is 4.62. The normalized spacial score (nSPS) is 9.75. The molecule has 0 aliphatic rings. The van der Waals surface area contributed by atoms with Gasteiger partial charge < -0.3 is 15.0 Å². The Bertz CT molecular complexity index is 494. The molecule has 6 heteroatoms. The second-order valence-corrected chi connectivity index (χ2v) is 4.40. The molecule has 0 fully saturated rings. The van der Waals surface area contributed by atoms with Gasteiger partial charge in [0.1, 0.15) is 0 Å². The molecule has 0 saturated heterocycles. The maximum atomic E-state index is 11.7. The van der Waals surface area contributed by atoms with E-state index in [2.05, 4.69) is 10.1 Å². The van der Waals surface area contributed by atoms with Gasteiger partial charge >= 0.3 is 5.97 Å². The number of methoxy groups -OCH3 is 1. The zero-order chi connectivity index (χ0) is 15.1. The Morgan fingerprint density at radius 3 is 2.20 bits per heavy atom. The van der Waals surface area contributed by atoms with Gasteiger partial charge in [0.2, 0.25) is 5.91 Å². The van der Waals surface area contributed by atoms with Crippen molar-refractivity contribution in [1.82, 2.24) is 4.90 Å². The van der Waals surface area contributed by atoms with Gasteiger partial charge in [-0.25, -0.2) is 0 Å². The minimum Gasteiger partial charge on any atom is -0.469 e. The third-order valence-electron chi connectivity index (χ3n) is 2.61. The summed E-state index contributed by atoms with van der Waals surface area (Å²) in [6.07, 6.45) is 0.102. The fraction of sp³-hybridized carbons (Fsp3) is 0.357. The second kappa shape index (κ2) is 7.28. The van der Waals surface area contributed by atoms with Crippen LogP contribution in [0.3, 0.4) is 0 Å². The molecule has 2 amide bonds. The third-order valence-corrected chi connectivity index (χ3v) is 2.61. The van der Waals surface area contributed by atoms with E-state index in [1.165, 1.54) is 12.0 Å². The van der Waals surface area contributed by atoms with E-state index in [0.717, 1.165) is 0 Å². The summed E-state index contributed by atoms with van der Waals surface area (Å²) in [5.41, 5.74) is 1.12. The number of hydrogen-bond acceptors (Lipinski definition) is 4. The number of benzene rings is 1. The first-order valence-electron chi connectivity index (χ1n) is 6.12. The number of carbonyl (C=O) groups excluding carboxylic acids is 3. The summed E-state index contributed by atoms with van der Waals surface area (Å²) in [6.45, 7) is 0. The van der Waals surface area contributed by atoms with E-state index in [1.807, 2.05) is 0 Å². The maximum absolute atomic E-state index is 11.7. The Balaban J connectivity index is 2.55. The van der Waals surface area contributed by atoms with Crippen molar-refractivity contribution in [2.24, 2.45) is 0 Å². The van der Waals surface area contributed by atoms with Crippen LogP contribution in [0, 0.1) is 0 Å². The molecule has 0 atom stereocenters. The van der Waals surface area contributed by atoms with Crippen LogP contribution >= 0.6 is 0 Å². The lowest BCUT2D eigenvalue weighted by molar-refractivity contribution is -0.141. The maximum Gasteiger partial charge on any atom is 0.306 e. The van der Waals surface area contributed by atoms with Crippen LogP contribution in [-0.4, -0.2) is 43.9 Å². The molecular formula is C14H18N2O4. The molecule has 6 nitrogen and oxygen atoms in total. The lowest BCUT2D eigenvalue weighted by Crippen LogP contribution is -2.21. The van der Waals surface area contributed by atoms with Crippen molar-refractivity contribution < 1.29 is 19.1 Å². The Morgan fingerprint density at radius 1 is 1.10 bits per heavy atom. The summed E-state index contributed by atoms with van der Waals surface area (Å²) < 4.78 is 4.45. The van der Waals surface area contributed by atoms with E-state index in [4.69, 9.17) is 0 Å². The standard InChI is InChI=1S/C14H18N2O4/c1-16(2)14(19)10-4-6-11(7-5-10)15-12(17)8-9-13(18)20-3/h4-7H,8-9H2,1-3H3,(H,15,17). The van der Waals surface area contributed by atoms with Crippen LogP contribution in [0.15, 0.2) is 24.3 Å². The predicted octanol–water partition coefficient (Wildman–Crippen LogP) is 1.28. The lowest BCUT2D eigenvalue weighted by atomic mass is 10.2. The first-order valence-corrected chi connectivity index (χ1v) is 6.12. The molecular weight excluding hydrogens is 260 g/mol. The molecule has 0 bridgehead atoms. The van der Waals surface area contributed by atoms with Gasteiger partial charge in [-0.2, -0.15) is 0 Å². The number of anilines is 1. The molecule has 1 aromatic rings. The number of nitrogens with one attached hydrogen (secondary N) is 1. The van der Waals surface area contributed by atoms with Crippen molar-refractivity contribution >= 4 is 23.5 Å². The molecule has 1 aromatic carbocycles. The largest absolute Gasteiger partial charge is 0.469 e. The molecule has 0 aliphatic heterocycles. The van der Waals surface area contributed by atoms with Gasteiger partial charge in [0.15, 0.2) is 0 Å². The average molecular weight is 278 g/mol. The van der Waals surface area contributed by atoms with Crippen LogP contribution < -0.4 is 5.32 Å². The van der Waals surface area contributed by atoms with E-state index >= 15 is 0 Å². The quantitative estimate of drug-likeness (QED) is 0.823. The summed E-state index contributed by atoms with van der Waals surface area (Å²) in [5, 5.41) is 2.65. The summed E-state index contributed by atoms with van der Waals surface area (Å²) in [5.74, 6) is -0.803. The smallest absolute Gasteiger partial charge is 0.306 e. The van der Waals surface area contributed by atoms with Crippen molar-refractivity contribution in [3.8, 4) is 0 Å². The number of carbonyl (C=O) groups is 3. The highest BCUT2D eigenvalue weighted by Gasteiger charge is 2.09. The number of esters is 1. The van der Waals surface area contributed by atoms with Crippen molar-refractivity contribution in [3.63, 3.8) is 0 Å². The minimum absolute atomic E-state index is 0.0412. The topological polar surface area (TPSA) is 75.7 Å². The summed E-state index contributed by atoms with van der Waals surface area (Å²) >= 11 is 0. The molecule has 1 N–H and O–H groups in total. The first kappa shape index (κ1) is 15.7. The van der Waals surface area contributed by atoms with E-state index < -0.39 is 5.97 Å². The number of nitrogens with zero attached hydrogens (tertiary/aromatic N) is 1. The zero-order valence-corrected chi connectivity index (χ0v) is 11.8. The summed E-state index contributed by atoms with van der Waals surface area (Å²) in [6, 6.07) is 6.57. The Labute approximate surface area is 117 Å². The Kier molecular flexibility index (Phi) is 5.71. The van der Waals surface area contributed by atoms with Crippen molar-refractivity contribution in [1.29, 1.82) is 0 Å². The van der Waals surface area contributed by atoms with Crippen molar-refractivity contribution in [2.45, 2.75) is 12.8 Å². The van der Waals surface area contributed by atoms with Gasteiger partial charge in [-0.15, -0.1) is 0 Å². The number of amides is 2. The highest BCUT2D eigenvalue weighted by molar-refractivity contribution is 5.96. The Hall–Kier alpha value is -2.37. The van der Waals surface area contributed by atoms with Gasteiger partial charge in [-0.05, 0) is 24.3 Å². The second-order valence-electron chi connectivity index (χ2n) is 4.40. The monoisotopic (exact) mass is 278 g/mol. The zero-order valence-electron chi connectivity index (χ0n) is 11.8. The molecule has 0 saturated carbocycles. The summed E-state index contributed by atoms with van der Waals surface area (Å²) in [4.78, 5) is 35.6. The predicted molar refractivity (Wildman–Crippen MR) is 74.3 cm³/mol.